The molecule has 3 atom stereocenters. The van der Waals surface area contributed by atoms with E-state index >= 15 is 0 Å². The van der Waals surface area contributed by atoms with Crippen molar-refractivity contribution in [3.8, 4) is 0 Å². The van der Waals surface area contributed by atoms with Crippen LogP contribution in [0.5, 0.6) is 0 Å². The molecule has 1 saturated carbocycles. The SMILES string of the molecule is C=CC1=CC(Cc2ccc(N)c(C3CC(C)CC(O)C3)c2)=C/C1=C/C=C\C.CC. The Kier molecular flexibility index (Phi) is 8.72. The van der Waals surface area contributed by atoms with E-state index in [1.807, 2.05) is 39.0 Å². The molecule has 2 aliphatic carbocycles. The van der Waals surface area contributed by atoms with Crippen molar-refractivity contribution in [3.05, 3.63) is 89.1 Å². The van der Waals surface area contributed by atoms with Gasteiger partial charge >= 0.3 is 0 Å². The average molecular weight is 392 g/mol. The summed E-state index contributed by atoms with van der Waals surface area (Å²) in [5, 5.41) is 10.2. The molecule has 1 fully saturated rings. The number of hydrogen-bond donors (Lipinski definition) is 2. The summed E-state index contributed by atoms with van der Waals surface area (Å²) < 4.78 is 0. The third-order valence-electron chi connectivity index (χ3n) is 5.62. The van der Waals surface area contributed by atoms with E-state index in [1.54, 1.807) is 0 Å². The van der Waals surface area contributed by atoms with Crippen molar-refractivity contribution in [2.45, 2.75) is 65.4 Å². The van der Waals surface area contributed by atoms with Crippen LogP contribution in [-0.2, 0) is 6.42 Å². The van der Waals surface area contributed by atoms with Crippen LogP contribution in [0.1, 0.15) is 64.0 Å². The number of allylic oxidation sites excluding steroid dienone is 9. The number of aliphatic hydroxyl groups excluding tert-OH is 1. The van der Waals surface area contributed by atoms with E-state index in [2.05, 4.69) is 49.9 Å². The van der Waals surface area contributed by atoms with Crippen LogP contribution in [-0.4, -0.2) is 11.2 Å². The fourth-order valence-electron chi connectivity index (χ4n) is 4.38. The van der Waals surface area contributed by atoms with E-state index in [0.717, 1.165) is 31.4 Å². The lowest BCUT2D eigenvalue weighted by molar-refractivity contribution is 0.0947. The number of nitrogens with two attached hydrogens (primary N) is 1. The predicted molar refractivity (Wildman–Crippen MR) is 127 cm³/mol. The molecule has 0 aromatic heterocycles. The average Bonchev–Trinajstić information content (AvgIpc) is 3.10. The molecule has 2 aliphatic rings. The quantitative estimate of drug-likeness (QED) is 0.551. The fraction of sp³-hybridized carbons (Fsp3) is 0.407. The van der Waals surface area contributed by atoms with Crippen molar-refractivity contribution in [1.82, 2.24) is 0 Å². The molecule has 0 bridgehead atoms. The van der Waals surface area contributed by atoms with Gasteiger partial charge < -0.3 is 10.8 Å². The topological polar surface area (TPSA) is 46.2 Å². The van der Waals surface area contributed by atoms with E-state index in [0.29, 0.717) is 11.8 Å². The Morgan fingerprint density at radius 2 is 1.93 bits per heavy atom. The normalized spacial score (nSPS) is 25.4. The Labute approximate surface area is 177 Å². The van der Waals surface area contributed by atoms with Crippen LogP contribution in [0.25, 0.3) is 0 Å². The monoisotopic (exact) mass is 391 g/mol. The highest BCUT2D eigenvalue weighted by Gasteiger charge is 2.27. The predicted octanol–water partition coefficient (Wildman–Crippen LogP) is 6.66. The molecule has 3 N–H and O–H groups in total. The van der Waals surface area contributed by atoms with Crippen molar-refractivity contribution in [1.29, 1.82) is 0 Å². The van der Waals surface area contributed by atoms with Crippen molar-refractivity contribution in [2.24, 2.45) is 5.92 Å². The minimum Gasteiger partial charge on any atom is -0.398 e. The molecule has 0 aliphatic heterocycles. The molecule has 1 aromatic rings. The summed E-state index contributed by atoms with van der Waals surface area (Å²) in [6.45, 7) is 12.2. The zero-order chi connectivity index (χ0) is 21.4. The summed E-state index contributed by atoms with van der Waals surface area (Å²) in [4.78, 5) is 0. The second-order valence-electron chi connectivity index (χ2n) is 7.97. The number of hydrogen-bond acceptors (Lipinski definition) is 2. The van der Waals surface area contributed by atoms with E-state index in [1.165, 1.54) is 27.8 Å². The Hall–Kier alpha value is -2.32. The van der Waals surface area contributed by atoms with Crippen LogP contribution >= 0.6 is 0 Å². The summed E-state index contributed by atoms with van der Waals surface area (Å²) in [5.74, 6) is 0.891. The summed E-state index contributed by atoms with van der Waals surface area (Å²) in [5.41, 5.74) is 13.3. The Morgan fingerprint density at radius 1 is 1.17 bits per heavy atom. The van der Waals surface area contributed by atoms with E-state index < -0.39 is 0 Å². The van der Waals surface area contributed by atoms with Gasteiger partial charge in [-0.05, 0) is 78.4 Å². The largest absolute Gasteiger partial charge is 0.398 e. The van der Waals surface area contributed by atoms with Crippen LogP contribution in [0.15, 0.2) is 78.0 Å². The molecular formula is C27H37NO. The van der Waals surface area contributed by atoms with Gasteiger partial charge in [-0.15, -0.1) is 0 Å². The maximum Gasteiger partial charge on any atom is 0.0548 e. The maximum absolute atomic E-state index is 10.2. The van der Waals surface area contributed by atoms with Gasteiger partial charge in [-0.1, -0.05) is 75.9 Å². The van der Waals surface area contributed by atoms with Crippen molar-refractivity contribution < 1.29 is 5.11 Å². The van der Waals surface area contributed by atoms with Gasteiger partial charge in [-0.25, -0.2) is 0 Å². The number of anilines is 1. The number of aliphatic hydroxyl groups is 1. The molecule has 3 rings (SSSR count). The first kappa shape index (κ1) is 23.0. The molecule has 2 nitrogen and oxygen atoms in total. The smallest absolute Gasteiger partial charge is 0.0548 e. The fourth-order valence-corrected chi connectivity index (χ4v) is 4.38. The highest BCUT2D eigenvalue weighted by atomic mass is 16.3. The summed E-state index contributed by atoms with van der Waals surface area (Å²) in [6.07, 6.45) is 16.1. The van der Waals surface area contributed by atoms with Gasteiger partial charge in [0.1, 0.15) is 0 Å². The lowest BCUT2D eigenvalue weighted by Crippen LogP contribution is -2.24. The van der Waals surface area contributed by atoms with Gasteiger partial charge in [-0.2, -0.15) is 0 Å². The molecule has 0 radical (unpaired) electrons. The minimum atomic E-state index is -0.211. The Bertz CT molecular complexity index is 815. The van der Waals surface area contributed by atoms with Gasteiger partial charge in [0.05, 0.1) is 6.10 Å². The van der Waals surface area contributed by atoms with Crippen LogP contribution in [0.2, 0.25) is 0 Å². The standard InChI is InChI=1S/C25H31NO.C2H6/c1-4-6-7-21-14-19(13-20(21)5-2)12-18-8-9-25(26)24(15-18)22-10-17(3)11-23(27)16-22;1-2/h4-9,13-15,17,22-23,27H,2,10-12,16,26H2,1,3H3;1-2H3/b6-4-,21-7-;. The summed E-state index contributed by atoms with van der Waals surface area (Å²) >= 11 is 0. The zero-order valence-electron chi connectivity index (χ0n) is 18.5. The van der Waals surface area contributed by atoms with E-state index in [-0.39, 0.29) is 6.10 Å². The zero-order valence-corrected chi connectivity index (χ0v) is 18.5. The number of rotatable bonds is 5. The van der Waals surface area contributed by atoms with Gasteiger partial charge in [0.25, 0.3) is 0 Å². The Morgan fingerprint density at radius 3 is 2.59 bits per heavy atom. The van der Waals surface area contributed by atoms with Crippen LogP contribution in [0, 0.1) is 5.92 Å². The van der Waals surface area contributed by atoms with E-state index in [9.17, 15) is 5.11 Å². The molecule has 0 saturated heterocycles. The second kappa shape index (κ2) is 11.0. The second-order valence-corrected chi connectivity index (χ2v) is 7.97. The van der Waals surface area contributed by atoms with Crippen LogP contribution < -0.4 is 5.73 Å². The molecule has 3 unspecified atom stereocenters. The molecule has 1 aromatic carbocycles. The first-order valence-electron chi connectivity index (χ1n) is 10.9. The maximum atomic E-state index is 10.2. The molecule has 29 heavy (non-hydrogen) atoms. The number of nitrogen functional groups attached to an aromatic ring is 1. The molecular weight excluding hydrogens is 354 g/mol. The third kappa shape index (κ3) is 6.08. The molecule has 2 heteroatoms. The molecule has 0 amide bonds. The van der Waals surface area contributed by atoms with Gasteiger partial charge in [0.2, 0.25) is 0 Å². The van der Waals surface area contributed by atoms with Crippen LogP contribution in [0.4, 0.5) is 5.69 Å². The third-order valence-corrected chi connectivity index (χ3v) is 5.62. The molecule has 156 valence electrons. The first-order valence-corrected chi connectivity index (χ1v) is 10.9. The summed E-state index contributed by atoms with van der Waals surface area (Å²) in [7, 11) is 0. The number of benzene rings is 1. The summed E-state index contributed by atoms with van der Waals surface area (Å²) in [6, 6.07) is 6.40. The van der Waals surface area contributed by atoms with Crippen molar-refractivity contribution in [2.75, 3.05) is 5.73 Å². The van der Waals surface area contributed by atoms with Crippen molar-refractivity contribution in [3.63, 3.8) is 0 Å². The highest BCUT2D eigenvalue weighted by Crippen LogP contribution is 2.39. The van der Waals surface area contributed by atoms with Gasteiger partial charge in [0, 0.05) is 5.69 Å². The Balaban J connectivity index is 0.00000145. The lowest BCUT2D eigenvalue weighted by atomic mass is 9.76. The molecule has 0 heterocycles. The highest BCUT2D eigenvalue weighted by molar-refractivity contribution is 5.59. The van der Waals surface area contributed by atoms with E-state index in [4.69, 9.17) is 5.73 Å². The van der Waals surface area contributed by atoms with Gasteiger partial charge in [-0.3, -0.25) is 0 Å². The molecule has 0 spiro atoms. The first-order chi connectivity index (χ1) is 14.0. The lowest BCUT2D eigenvalue weighted by Gasteiger charge is -2.31. The minimum absolute atomic E-state index is 0.211. The van der Waals surface area contributed by atoms with Gasteiger partial charge in [0.15, 0.2) is 0 Å². The van der Waals surface area contributed by atoms with Crippen LogP contribution in [0.3, 0.4) is 0 Å². The van der Waals surface area contributed by atoms with Crippen molar-refractivity contribution >= 4 is 5.69 Å².